The van der Waals surface area contributed by atoms with Crippen molar-refractivity contribution in [3.05, 3.63) is 30.1 Å². The molecule has 1 aromatic rings. The number of amides is 1. The highest BCUT2D eigenvalue weighted by atomic mass is 35.5. The van der Waals surface area contributed by atoms with Gasteiger partial charge in [-0.05, 0) is 12.1 Å². The zero-order valence-electron chi connectivity index (χ0n) is 6.98. The number of hydrogen-bond acceptors (Lipinski definition) is 2. The first-order chi connectivity index (χ1) is 6.27. The minimum Gasteiger partial charge on any atom is -0.334 e. The lowest BCUT2D eigenvalue weighted by atomic mass is 10.2. The van der Waals surface area contributed by atoms with Crippen LogP contribution in [0, 0.1) is 0 Å². The Morgan fingerprint density at radius 1 is 1.54 bits per heavy atom. The molecule has 0 saturated carbocycles. The summed E-state index contributed by atoms with van der Waals surface area (Å²) in [5, 5.41) is 0.118. The van der Waals surface area contributed by atoms with Gasteiger partial charge in [-0.25, -0.2) is 0 Å². The molecule has 0 unspecified atom stereocenters. The van der Waals surface area contributed by atoms with E-state index in [0.29, 0.717) is 18.8 Å². The zero-order valence-corrected chi connectivity index (χ0v) is 7.74. The summed E-state index contributed by atoms with van der Waals surface area (Å²) in [6.45, 7) is 1.27. The van der Waals surface area contributed by atoms with Gasteiger partial charge in [-0.15, -0.1) is 11.6 Å². The molecule has 4 heteroatoms. The first kappa shape index (κ1) is 8.51. The normalized spacial score (nSPS) is 16.8. The van der Waals surface area contributed by atoms with E-state index in [0.717, 1.165) is 0 Å². The molecule has 0 atom stereocenters. The third-order valence-electron chi connectivity index (χ3n) is 2.01. The number of nitrogens with zero attached hydrogens (tertiary/aromatic N) is 2. The lowest BCUT2D eigenvalue weighted by Crippen LogP contribution is -2.51. The van der Waals surface area contributed by atoms with Crippen molar-refractivity contribution >= 4 is 17.5 Å². The molecule has 2 heterocycles. The van der Waals surface area contributed by atoms with Gasteiger partial charge in [-0.3, -0.25) is 9.78 Å². The molecule has 68 valence electrons. The number of halogens is 1. The molecule has 1 aliphatic heterocycles. The number of alkyl halides is 1. The van der Waals surface area contributed by atoms with Gasteiger partial charge in [0.05, 0.1) is 5.38 Å². The minimum atomic E-state index is -0.0301. The third-order valence-corrected chi connectivity index (χ3v) is 2.28. The number of likely N-dealkylation sites (tertiary alicyclic amines) is 1. The second kappa shape index (κ2) is 3.34. The fourth-order valence-electron chi connectivity index (χ4n) is 1.24. The number of pyridine rings is 1. The fourth-order valence-corrected chi connectivity index (χ4v) is 1.58. The van der Waals surface area contributed by atoms with Crippen molar-refractivity contribution in [2.24, 2.45) is 0 Å². The largest absolute Gasteiger partial charge is 0.334 e. The van der Waals surface area contributed by atoms with E-state index in [4.69, 9.17) is 11.6 Å². The molecule has 1 saturated heterocycles. The van der Waals surface area contributed by atoms with Crippen molar-refractivity contribution in [2.75, 3.05) is 13.1 Å². The number of carbonyl (C=O) groups excluding carboxylic acids is 1. The molecular weight excluding hydrogens is 188 g/mol. The van der Waals surface area contributed by atoms with Crippen LogP contribution in [0.25, 0.3) is 0 Å². The van der Waals surface area contributed by atoms with Crippen molar-refractivity contribution in [3.63, 3.8) is 0 Å². The standard InChI is InChI=1S/C9H9ClN2O/c10-7-5-12(6-7)9(13)8-3-1-2-4-11-8/h1-4,7H,5-6H2. The Kier molecular flexibility index (Phi) is 2.19. The van der Waals surface area contributed by atoms with Crippen molar-refractivity contribution in [1.82, 2.24) is 9.88 Å². The fraction of sp³-hybridized carbons (Fsp3) is 0.333. The van der Waals surface area contributed by atoms with Crippen molar-refractivity contribution in [3.8, 4) is 0 Å². The van der Waals surface area contributed by atoms with Crippen molar-refractivity contribution < 1.29 is 4.79 Å². The number of hydrogen-bond donors (Lipinski definition) is 0. The molecular formula is C9H9ClN2O. The van der Waals surface area contributed by atoms with Crippen LogP contribution in [0.5, 0.6) is 0 Å². The van der Waals surface area contributed by atoms with Crippen LogP contribution in [-0.2, 0) is 0 Å². The molecule has 1 fully saturated rings. The molecule has 0 spiro atoms. The predicted octanol–water partition coefficient (Wildman–Crippen LogP) is 1.14. The molecule has 0 aromatic carbocycles. The van der Waals surface area contributed by atoms with Gasteiger partial charge < -0.3 is 4.90 Å². The van der Waals surface area contributed by atoms with Crippen LogP contribution in [0.4, 0.5) is 0 Å². The highest BCUT2D eigenvalue weighted by Crippen LogP contribution is 2.15. The quantitative estimate of drug-likeness (QED) is 0.632. The zero-order chi connectivity index (χ0) is 9.26. The molecule has 3 nitrogen and oxygen atoms in total. The Morgan fingerprint density at radius 2 is 2.31 bits per heavy atom. The summed E-state index contributed by atoms with van der Waals surface area (Å²) in [6, 6.07) is 5.30. The molecule has 1 aliphatic rings. The van der Waals surface area contributed by atoms with Gasteiger partial charge in [0, 0.05) is 19.3 Å². The summed E-state index contributed by atoms with van der Waals surface area (Å²) in [5.74, 6) is -0.0301. The van der Waals surface area contributed by atoms with Gasteiger partial charge in [0.15, 0.2) is 0 Å². The topological polar surface area (TPSA) is 33.2 Å². The molecule has 1 aromatic heterocycles. The minimum absolute atomic E-state index is 0.0301. The Bertz CT molecular complexity index is 309. The smallest absolute Gasteiger partial charge is 0.272 e. The van der Waals surface area contributed by atoms with E-state index < -0.39 is 0 Å². The Labute approximate surface area is 81.3 Å². The lowest BCUT2D eigenvalue weighted by molar-refractivity contribution is 0.0653. The molecule has 0 aliphatic carbocycles. The molecule has 13 heavy (non-hydrogen) atoms. The molecule has 0 radical (unpaired) electrons. The highest BCUT2D eigenvalue weighted by Gasteiger charge is 2.29. The van der Waals surface area contributed by atoms with Crippen molar-refractivity contribution in [1.29, 1.82) is 0 Å². The SMILES string of the molecule is O=C(c1ccccn1)N1CC(Cl)C1. The summed E-state index contributed by atoms with van der Waals surface area (Å²) in [7, 11) is 0. The Balaban J connectivity index is 2.06. The summed E-state index contributed by atoms with van der Waals surface area (Å²) < 4.78 is 0. The van der Waals surface area contributed by atoms with Crippen LogP contribution in [0.15, 0.2) is 24.4 Å². The maximum atomic E-state index is 11.6. The Morgan fingerprint density at radius 3 is 2.85 bits per heavy atom. The van der Waals surface area contributed by atoms with Gasteiger partial charge in [-0.2, -0.15) is 0 Å². The molecule has 0 bridgehead atoms. The van der Waals surface area contributed by atoms with E-state index in [1.807, 2.05) is 0 Å². The van der Waals surface area contributed by atoms with E-state index >= 15 is 0 Å². The van der Waals surface area contributed by atoms with E-state index in [-0.39, 0.29) is 11.3 Å². The van der Waals surface area contributed by atoms with Gasteiger partial charge in [0.25, 0.3) is 5.91 Å². The van der Waals surface area contributed by atoms with Gasteiger partial charge in [0.2, 0.25) is 0 Å². The third kappa shape index (κ3) is 1.65. The summed E-state index contributed by atoms with van der Waals surface area (Å²) in [4.78, 5) is 17.2. The van der Waals surface area contributed by atoms with Crippen LogP contribution in [-0.4, -0.2) is 34.3 Å². The number of rotatable bonds is 1. The first-order valence-electron chi connectivity index (χ1n) is 4.12. The molecule has 0 N–H and O–H groups in total. The van der Waals surface area contributed by atoms with Gasteiger partial charge in [0.1, 0.15) is 5.69 Å². The van der Waals surface area contributed by atoms with E-state index in [9.17, 15) is 4.79 Å². The number of aromatic nitrogens is 1. The molecule has 2 rings (SSSR count). The summed E-state index contributed by atoms with van der Waals surface area (Å²) in [5.41, 5.74) is 0.492. The van der Waals surface area contributed by atoms with Crippen molar-refractivity contribution in [2.45, 2.75) is 5.38 Å². The van der Waals surface area contributed by atoms with E-state index in [1.54, 1.807) is 29.3 Å². The van der Waals surface area contributed by atoms with Crippen LogP contribution in [0.3, 0.4) is 0 Å². The maximum Gasteiger partial charge on any atom is 0.272 e. The van der Waals surface area contributed by atoms with Crippen LogP contribution >= 0.6 is 11.6 Å². The van der Waals surface area contributed by atoms with Gasteiger partial charge in [-0.1, -0.05) is 6.07 Å². The first-order valence-corrected chi connectivity index (χ1v) is 4.55. The van der Waals surface area contributed by atoms with Gasteiger partial charge >= 0.3 is 0 Å². The average Bonchev–Trinajstić information content (AvgIpc) is 2.13. The second-order valence-electron chi connectivity index (χ2n) is 3.02. The molecule has 1 amide bonds. The van der Waals surface area contributed by atoms with E-state index in [2.05, 4.69) is 4.98 Å². The number of carbonyl (C=O) groups is 1. The predicted molar refractivity (Wildman–Crippen MR) is 49.8 cm³/mol. The van der Waals surface area contributed by atoms with Crippen LogP contribution in [0.1, 0.15) is 10.5 Å². The summed E-state index contributed by atoms with van der Waals surface area (Å²) >= 11 is 5.76. The maximum absolute atomic E-state index is 11.6. The average molecular weight is 197 g/mol. The monoisotopic (exact) mass is 196 g/mol. The Hall–Kier alpha value is -1.09. The van der Waals surface area contributed by atoms with Crippen LogP contribution in [0.2, 0.25) is 0 Å². The van der Waals surface area contributed by atoms with E-state index in [1.165, 1.54) is 0 Å². The highest BCUT2D eigenvalue weighted by molar-refractivity contribution is 6.22. The van der Waals surface area contributed by atoms with Crippen LogP contribution < -0.4 is 0 Å². The second-order valence-corrected chi connectivity index (χ2v) is 3.64. The summed E-state index contributed by atoms with van der Waals surface area (Å²) in [6.07, 6.45) is 1.62. The lowest BCUT2D eigenvalue weighted by Gasteiger charge is -2.35.